The number of benzene rings is 2. The molecule has 1 aliphatic rings. The third-order valence-electron chi connectivity index (χ3n) is 5.54. The topological polar surface area (TPSA) is 105 Å². The van der Waals surface area contributed by atoms with Crippen LogP contribution in [-0.4, -0.2) is 52.1 Å². The van der Waals surface area contributed by atoms with E-state index in [2.05, 4.69) is 10.0 Å². The third kappa shape index (κ3) is 6.85. The normalized spacial score (nSPS) is 16.7. The van der Waals surface area contributed by atoms with Crippen LogP contribution in [0.1, 0.15) is 32.6 Å². The third-order valence-corrected chi connectivity index (χ3v) is 6.96. The summed E-state index contributed by atoms with van der Waals surface area (Å²) in [5, 5.41) is 2.85. The highest BCUT2D eigenvalue weighted by molar-refractivity contribution is 7.89. The van der Waals surface area contributed by atoms with Gasteiger partial charge in [0.05, 0.1) is 17.5 Å². The first-order valence-electron chi connectivity index (χ1n) is 11.3. The summed E-state index contributed by atoms with van der Waals surface area (Å²) in [5.74, 6) is -1.49. The molecule has 34 heavy (non-hydrogen) atoms. The standard InChI is InChI=1S/C24H30FN3O5S/c1-2-7-22(24(30)26-16-20-8-6-15-33-20)28(19-13-11-18(25)12-14-19)23(29)17-27-34(31,32)21-9-4-3-5-10-21/h3-5,9-14,20,22,27H,2,6-8,15-17H2,1H3,(H,26,30)/t20-,22+/m0/s1. The Bertz CT molecular complexity index is 1060. The SMILES string of the molecule is CCC[C@H](C(=O)NC[C@@H]1CCCO1)N(C(=O)CNS(=O)(=O)c1ccccc1)c1ccc(F)cc1. The summed E-state index contributed by atoms with van der Waals surface area (Å²) in [6.45, 7) is 2.30. The van der Waals surface area contributed by atoms with Crippen LogP contribution in [0.4, 0.5) is 10.1 Å². The molecule has 8 nitrogen and oxygen atoms in total. The molecule has 2 N–H and O–H groups in total. The molecule has 0 bridgehead atoms. The molecule has 2 aromatic rings. The van der Waals surface area contributed by atoms with Gasteiger partial charge in [0.15, 0.2) is 0 Å². The number of rotatable bonds is 11. The number of hydrogen-bond donors (Lipinski definition) is 2. The fourth-order valence-corrected chi connectivity index (χ4v) is 4.81. The zero-order chi connectivity index (χ0) is 24.6. The molecule has 2 aromatic carbocycles. The average molecular weight is 492 g/mol. The second-order valence-corrected chi connectivity index (χ2v) is 9.83. The minimum absolute atomic E-state index is 0.0237. The Hall–Kier alpha value is -2.82. The molecule has 2 amide bonds. The monoisotopic (exact) mass is 491 g/mol. The van der Waals surface area contributed by atoms with E-state index in [9.17, 15) is 22.4 Å². The van der Waals surface area contributed by atoms with Crippen molar-refractivity contribution in [3.05, 3.63) is 60.4 Å². The second kappa shape index (κ2) is 12.0. The molecule has 3 rings (SSSR count). The van der Waals surface area contributed by atoms with Gasteiger partial charge in [0.1, 0.15) is 11.9 Å². The van der Waals surface area contributed by atoms with Gasteiger partial charge in [0, 0.05) is 18.8 Å². The summed E-state index contributed by atoms with van der Waals surface area (Å²) in [4.78, 5) is 27.7. The van der Waals surface area contributed by atoms with E-state index in [1.807, 2.05) is 6.92 Å². The molecule has 1 heterocycles. The maximum Gasteiger partial charge on any atom is 0.243 e. The Morgan fingerprint density at radius 3 is 2.47 bits per heavy atom. The molecule has 0 spiro atoms. The first kappa shape index (κ1) is 25.8. The molecule has 1 saturated heterocycles. The van der Waals surface area contributed by atoms with Gasteiger partial charge in [-0.05, 0) is 55.7 Å². The molecule has 0 radical (unpaired) electrons. The maximum atomic E-state index is 13.6. The smallest absolute Gasteiger partial charge is 0.243 e. The number of amides is 2. The molecular formula is C24H30FN3O5S. The van der Waals surface area contributed by atoms with Crippen molar-refractivity contribution >= 4 is 27.5 Å². The molecule has 1 aliphatic heterocycles. The van der Waals surface area contributed by atoms with Crippen LogP contribution in [0.5, 0.6) is 0 Å². The molecule has 0 unspecified atom stereocenters. The van der Waals surface area contributed by atoms with E-state index in [4.69, 9.17) is 4.74 Å². The second-order valence-electron chi connectivity index (χ2n) is 8.06. The van der Waals surface area contributed by atoms with Crippen LogP contribution in [-0.2, 0) is 24.3 Å². The van der Waals surface area contributed by atoms with E-state index in [1.165, 1.54) is 41.3 Å². The Kier molecular flexibility index (Phi) is 9.14. The van der Waals surface area contributed by atoms with E-state index in [0.29, 0.717) is 31.7 Å². The van der Waals surface area contributed by atoms with Crippen LogP contribution in [0.2, 0.25) is 0 Å². The van der Waals surface area contributed by atoms with E-state index >= 15 is 0 Å². The van der Waals surface area contributed by atoms with Gasteiger partial charge in [-0.25, -0.2) is 17.5 Å². The average Bonchev–Trinajstić information content (AvgIpc) is 3.36. The summed E-state index contributed by atoms with van der Waals surface area (Å²) in [5.41, 5.74) is 0.302. The Labute approximate surface area is 199 Å². The van der Waals surface area contributed by atoms with Crippen molar-refractivity contribution in [2.75, 3.05) is 24.6 Å². The number of hydrogen-bond acceptors (Lipinski definition) is 5. The van der Waals surface area contributed by atoms with Gasteiger partial charge in [0.25, 0.3) is 0 Å². The van der Waals surface area contributed by atoms with Crippen molar-refractivity contribution < 1.29 is 27.1 Å². The molecule has 1 fully saturated rings. The van der Waals surface area contributed by atoms with Gasteiger partial charge >= 0.3 is 0 Å². The Balaban J connectivity index is 1.81. The Morgan fingerprint density at radius 2 is 1.85 bits per heavy atom. The van der Waals surface area contributed by atoms with Crippen molar-refractivity contribution in [1.29, 1.82) is 0 Å². The van der Waals surface area contributed by atoms with Gasteiger partial charge in [-0.3, -0.25) is 14.5 Å². The van der Waals surface area contributed by atoms with Gasteiger partial charge in [-0.2, -0.15) is 0 Å². The van der Waals surface area contributed by atoms with Gasteiger partial charge in [-0.15, -0.1) is 0 Å². The summed E-state index contributed by atoms with van der Waals surface area (Å²) in [7, 11) is -3.93. The van der Waals surface area contributed by atoms with E-state index in [1.54, 1.807) is 18.2 Å². The molecule has 0 aromatic heterocycles. The summed E-state index contributed by atoms with van der Waals surface area (Å²) in [6, 6.07) is 12.0. The van der Waals surface area contributed by atoms with Gasteiger partial charge < -0.3 is 10.1 Å². The predicted molar refractivity (Wildman–Crippen MR) is 126 cm³/mol. The van der Waals surface area contributed by atoms with Crippen LogP contribution in [0.3, 0.4) is 0 Å². The number of carbonyl (C=O) groups is 2. The van der Waals surface area contributed by atoms with Crippen molar-refractivity contribution in [2.45, 2.75) is 49.6 Å². The van der Waals surface area contributed by atoms with Crippen molar-refractivity contribution in [2.24, 2.45) is 0 Å². The zero-order valence-electron chi connectivity index (χ0n) is 19.1. The van der Waals surface area contributed by atoms with Crippen LogP contribution in [0.25, 0.3) is 0 Å². The maximum absolute atomic E-state index is 13.6. The predicted octanol–water partition coefficient (Wildman–Crippen LogP) is 2.60. The number of halogens is 1. The fraction of sp³-hybridized carbons (Fsp3) is 0.417. The van der Waals surface area contributed by atoms with Gasteiger partial charge in [0.2, 0.25) is 21.8 Å². The molecule has 0 aliphatic carbocycles. The van der Waals surface area contributed by atoms with E-state index in [0.717, 1.165) is 12.8 Å². The molecular weight excluding hydrogens is 461 g/mol. The fourth-order valence-electron chi connectivity index (χ4n) is 3.81. The van der Waals surface area contributed by atoms with Gasteiger partial charge in [-0.1, -0.05) is 31.5 Å². The lowest BCUT2D eigenvalue weighted by atomic mass is 10.1. The first-order valence-corrected chi connectivity index (χ1v) is 12.8. The van der Waals surface area contributed by atoms with Crippen LogP contribution in [0, 0.1) is 5.82 Å². The number of nitrogens with zero attached hydrogens (tertiary/aromatic N) is 1. The molecule has 0 saturated carbocycles. The summed E-state index contributed by atoms with van der Waals surface area (Å²) in [6.07, 6.45) is 2.64. The lowest BCUT2D eigenvalue weighted by molar-refractivity contribution is -0.126. The Morgan fingerprint density at radius 1 is 1.15 bits per heavy atom. The van der Waals surface area contributed by atoms with Crippen LogP contribution in [0.15, 0.2) is 59.5 Å². The van der Waals surface area contributed by atoms with Crippen LogP contribution < -0.4 is 14.9 Å². The first-order chi connectivity index (χ1) is 16.3. The largest absolute Gasteiger partial charge is 0.376 e. The number of anilines is 1. The highest BCUT2D eigenvalue weighted by Crippen LogP contribution is 2.21. The highest BCUT2D eigenvalue weighted by atomic mass is 32.2. The number of carbonyl (C=O) groups excluding carboxylic acids is 2. The van der Waals surface area contributed by atoms with E-state index < -0.39 is 34.3 Å². The molecule has 2 atom stereocenters. The minimum atomic E-state index is -3.93. The number of nitrogens with one attached hydrogen (secondary N) is 2. The zero-order valence-corrected chi connectivity index (χ0v) is 19.9. The minimum Gasteiger partial charge on any atom is -0.376 e. The van der Waals surface area contributed by atoms with Crippen molar-refractivity contribution in [3.63, 3.8) is 0 Å². The molecule has 10 heteroatoms. The lowest BCUT2D eigenvalue weighted by Gasteiger charge is -2.31. The van der Waals surface area contributed by atoms with Crippen molar-refractivity contribution in [1.82, 2.24) is 10.0 Å². The number of ether oxygens (including phenoxy) is 1. The van der Waals surface area contributed by atoms with Crippen LogP contribution >= 0.6 is 0 Å². The van der Waals surface area contributed by atoms with Crippen molar-refractivity contribution in [3.8, 4) is 0 Å². The lowest BCUT2D eigenvalue weighted by Crippen LogP contribution is -2.53. The number of sulfonamides is 1. The quantitative estimate of drug-likeness (QED) is 0.503. The highest BCUT2D eigenvalue weighted by Gasteiger charge is 2.32. The summed E-state index contributed by atoms with van der Waals surface area (Å²) >= 11 is 0. The molecule has 184 valence electrons. The summed E-state index contributed by atoms with van der Waals surface area (Å²) < 4.78 is 46.6. The van der Waals surface area contributed by atoms with E-state index in [-0.39, 0.29) is 16.9 Å².